The summed E-state index contributed by atoms with van der Waals surface area (Å²) in [6.45, 7) is 7.80. The van der Waals surface area contributed by atoms with Gasteiger partial charge in [-0.2, -0.15) is 0 Å². The lowest BCUT2D eigenvalue weighted by molar-refractivity contribution is -0.142. The van der Waals surface area contributed by atoms with Crippen LogP contribution >= 0.6 is 11.6 Å². The van der Waals surface area contributed by atoms with Gasteiger partial charge in [0.25, 0.3) is 5.91 Å². The Kier molecular flexibility index (Phi) is 8.52. The highest BCUT2D eigenvalue weighted by atomic mass is 35.5. The van der Waals surface area contributed by atoms with E-state index < -0.39 is 6.04 Å². The van der Waals surface area contributed by atoms with Crippen molar-refractivity contribution in [1.29, 1.82) is 0 Å². The molecule has 0 aliphatic heterocycles. The molecule has 0 heterocycles. The zero-order valence-electron chi connectivity index (χ0n) is 17.4. The summed E-state index contributed by atoms with van der Waals surface area (Å²) in [5, 5.41) is 3.39. The summed E-state index contributed by atoms with van der Waals surface area (Å²) in [5.41, 5.74) is 2.05. The maximum absolute atomic E-state index is 13.0. The summed E-state index contributed by atoms with van der Waals surface area (Å²) in [6.07, 6.45) is 0.819. The van der Waals surface area contributed by atoms with Crippen molar-refractivity contribution in [3.05, 3.63) is 64.7 Å². The molecule has 5 nitrogen and oxygen atoms in total. The number of para-hydroxylation sites is 1. The molecule has 2 aromatic carbocycles. The van der Waals surface area contributed by atoms with E-state index in [0.717, 1.165) is 17.5 Å². The first-order valence-corrected chi connectivity index (χ1v) is 10.2. The van der Waals surface area contributed by atoms with Crippen LogP contribution in [0.25, 0.3) is 0 Å². The van der Waals surface area contributed by atoms with Gasteiger partial charge in [0, 0.05) is 12.6 Å². The van der Waals surface area contributed by atoms with Gasteiger partial charge >= 0.3 is 0 Å². The molecule has 0 bridgehead atoms. The number of amides is 2. The minimum absolute atomic E-state index is 0.0414. The normalized spacial score (nSPS) is 12.7. The number of halogens is 1. The van der Waals surface area contributed by atoms with E-state index in [-0.39, 0.29) is 24.5 Å². The van der Waals surface area contributed by atoms with Gasteiger partial charge in [0.2, 0.25) is 5.91 Å². The van der Waals surface area contributed by atoms with Crippen LogP contribution in [0.5, 0.6) is 5.75 Å². The van der Waals surface area contributed by atoms with Crippen molar-refractivity contribution >= 4 is 23.4 Å². The highest BCUT2D eigenvalue weighted by Gasteiger charge is 2.27. The fraction of sp³-hybridized carbons (Fsp3) is 0.391. The highest BCUT2D eigenvalue weighted by molar-refractivity contribution is 6.32. The number of benzene rings is 2. The minimum atomic E-state index is -0.633. The van der Waals surface area contributed by atoms with Crippen molar-refractivity contribution < 1.29 is 14.3 Å². The van der Waals surface area contributed by atoms with Crippen molar-refractivity contribution in [3.63, 3.8) is 0 Å². The minimum Gasteiger partial charge on any atom is -0.482 e. The molecule has 0 saturated carbocycles. The Hall–Kier alpha value is -2.53. The molecule has 6 heteroatoms. The maximum atomic E-state index is 13.0. The van der Waals surface area contributed by atoms with E-state index in [9.17, 15) is 9.59 Å². The predicted octanol–water partition coefficient (Wildman–Crippen LogP) is 4.36. The third-order valence-electron chi connectivity index (χ3n) is 4.96. The van der Waals surface area contributed by atoms with Gasteiger partial charge in [-0.1, -0.05) is 54.9 Å². The van der Waals surface area contributed by atoms with Crippen LogP contribution in [0.15, 0.2) is 48.5 Å². The molecule has 2 amide bonds. The van der Waals surface area contributed by atoms with E-state index in [1.54, 1.807) is 36.1 Å². The van der Waals surface area contributed by atoms with Crippen molar-refractivity contribution in [1.82, 2.24) is 10.2 Å². The average Bonchev–Trinajstić information content (AvgIpc) is 2.71. The number of nitrogens with one attached hydrogen (secondary N) is 1. The third kappa shape index (κ3) is 6.50. The number of carbonyl (C=O) groups excluding carboxylic acids is 2. The van der Waals surface area contributed by atoms with Crippen LogP contribution < -0.4 is 10.1 Å². The van der Waals surface area contributed by atoms with E-state index in [1.807, 2.05) is 45.0 Å². The second kappa shape index (κ2) is 10.9. The molecule has 2 atom stereocenters. The number of ether oxygens (including phenoxy) is 1. The molecule has 0 aromatic heterocycles. The molecule has 29 heavy (non-hydrogen) atoms. The smallest absolute Gasteiger partial charge is 0.261 e. The molecule has 1 N–H and O–H groups in total. The largest absolute Gasteiger partial charge is 0.482 e. The van der Waals surface area contributed by atoms with Crippen LogP contribution in [-0.4, -0.2) is 35.4 Å². The van der Waals surface area contributed by atoms with E-state index >= 15 is 0 Å². The lowest BCUT2D eigenvalue weighted by Crippen LogP contribution is -2.50. The molecule has 0 radical (unpaired) electrons. The molecule has 0 aliphatic rings. The number of nitrogens with zero attached hydrogens (tertiary/aromatic N) is 1. The van der Waals surface area contributed by atoms with E-state index in [4.69, 9.17) is 16.3 Å². The molecule has 2 aromatic rings. The Morgan fingerprint density at radius 1 is 1.10 bits per heavy atom. The summed E-state index contributed by atoms with van der Waals surface area (Å²) in [7, 11) is 0. The Labute approximate surface area is 178 Å². The summed E-state index contributed by atoms with van der Waals surface area (Å²) < 4.78 is 5.62. The van der Waals surface area contributed by atoms with Crippen LogP contribution in [0.1, 0.15) is 38.3 Å². The zero-order valence-corrected chi connectivity index (χ0v) is 18.2. The second-order valence-electron chi connectivity index (χ2n) is 7.16. The SMILES string of the molecule is CC[C@H](C)NC(=O)[C@@H](C)N(Cc1ccccc1C)C(=O)COc1ccccc1Cl. The number of hydrogen-bond donors (Lipinski definition) is 1. The van der Waals surface area contributed by atoms with Crippen LogP contribution in [0.4, 0.5) is 0 Å². The first-order valence-electron chi connectivity index (χ1n) is 9.85. The van der Waals surface area contributed by atoms with Crippen LogP contribution in [-0.2, 0) is 16.1 Å². The molecule has 0 saturated heterocycles. The van der Waals surface area contributed by atoms with Gasteiger partial charge in [0.15, 0.2) is 6.61 Å². The zero-order chi connectivity index (χ0) is 21.4. The predicted molar refractivity (Wildman–Crippen MR) is 116 cm³/mol. The van der Waals surface area contributed by atoms with Crippen molar-refractivity contribution in [2.75, 3.05) is 6.61 Å². The van der Waals surface area contributed by atoms with Crippen molar-refractivity contribution in [2.45, 2.75) is 52.7 Å². The van der Waals surface area contributed by atoms with Gasteiger partial charge in [-0.25, -0.2) is 0 Å². The van der Waals surface area contributed by atoms with E-state index in [0.29, 0.717) is 17.3 Å². The van der Waals surface area contributed by atoms with Gasteiger partial charge < -0.3 is 15.0 Å². The fourth-order valence-corrected chi connectivity index (χ4v) is 2.99. The fourth-order valence-electron chi connectivity index (χ4n) is 2.80. The van der Waals surface area contributed by atoms with Crippen LogP contribution in [0.3, 0.4) is 0 Å². The lowest BCUT2D eigenvalue weighted by atomic mass is 10.1. The first-order chi connectivity index (χ1) is 13.8. The van der Waals surface area contributed by atoms with Gasteiger partial charge in [-0.3, -0.25) is 9.59 Å². The van der Waals surface area contributed by atoms with Crippen LogP contribution in [0, 0.1) is 6.92 Å². The maximum Gasteiger partial charge on any atom is 0.261 e. The summed E-state index contributed by atoms with van der Waals surface area (Å²) in [4.78, 5) is 27.3. The summed E-state index contributed by atoms with van der Waals surface area (Å²) >= 11 is 6.11. The number of hydrogen-bond acceptors (Lipinski definition) is 3. The van der Waals surface area contributed by atoms with Crippen molar-refractivity contribution in [2.24, 2.45) is 0 Å². The summed E-state index contributed by atoms with van der Waals surface area (Å²) in [5.74, 6) is -0.0194. The molecular formula is C23H29ClN2O3. The number of carbonyl (C=O) groups is 2. The Bertz CT molecular complexity index is 840. The topological polar surface area (TPSA) is 58.6 Å². The van der Waals surface area contributed by atoms with E-state index in [1.165, 1.54) is 0 Å². The van der Waals surface area contributed by atoms with Crippen LogP contribution in [0.2, 0.25) is 5.02 Å². The standard InChI is InChI=1S/C23H29ClN2O3/c1-5-17(3)25-23(28)18(4)26(14-19-11-7-6-10-16(19)2)22(27)15-29-21-13-9-8-12-20(21)24/h6-13,17-18H,5,14-15H2,1-4H3,(H,25,28)/t17-,18+/m0/s1. The molecule has 0 fully saturated rings. The monoisotopic (exact) mass is 416 g/mol. The molecular weight excluding hydrogens is 388 g/mol. The Morgan fingerprint density at radius 3 is 2.41 bits per heavy atom. The number of aryl methyl sites for hydroxylation is 1. The molecule has 2 rings (SSSR count). The average molecular weight is 417 g/mol. The lowest BCUT2D eigenvalue weighted by Gasteiger charge is -2.30. The van der Waals surface area contributed by atoms with Crippen molar-refractivity contribution in [3.8, 4) is 5.75 Å². The number of rotatable bonds is 9. The molecule has 0 spiro atoms. The van der Waals surface area contributed by atoms with Gasteiger partial charge in [-0.15, -0.1) is 0 Å². The van der Waals surface area contributed by atoms with Gasteiger partial charge in [0.1, 0.15) is 11.8 Å². The quantitative estimate of drug-likeness (QED) is 0.660. The Balaban J connectivity index is 2.18. The molecule has 0 aliphatic carbocycles. The second-order valence-corrected chi connectivity index (χ2v) is 7.57. The summed E-state index contributed by atoms with van der Waals surface area (Å²) in [6, 6.07) is 14.2. The molecule has 156 valence electrons. The Morgan fingerprint density at radius 2 is 1.76 bits per heavy atom. The van der Waals surface area contributed by atoms with E-state index in [2.05, 4.69) is 5.32 Å². The molecule has 0 unspecified atom stereocenters. The third-order valence-corrected chi connectivity index (χ3v) is 5.27. The van der Waals surface area contributed by atoms with Gasteiger partial charge in [-0.05, 0) is 50.5 Å². The highest BCUT2D eigenvalue weighted by Crippen LogP contribution is 2.23. The first kappa shape index (κ1) is 22.8. The van der Waals surface area contributed by atoms with Gasteiger partial charge in [0.05, 0.1) is 5.02 Å².